The molecule has 0 atom stereocenters. The lowest BCUT2D eigenvalue weighted by molar-refractivity contribution is 1.13. The smallest absolute Gasteiger partial charge is 0.223 e. The third-order valence-corrected chi connectivity index (χ3v) is 2.52. The van der Waals surface area contributed by atoms with Crippen molar-refractivity contribution >= 4 is 34.9 Å². The molecule has 76 valence electrons. The van der Waals surface area contributed by atoms with E-state index in [1.807, 2.05) is 10.8 Å². The van der Waals surface area contributed by atoms with Crippen LogP contribution >= 0.6 is 11.6 Å². The van der Waals surface area contributed by atoms with E-state index < -0.39 is 0 Å². The number of imidazole rings is 1. The van der Waals surface area contributed by atoms with E-state index in [1.165, 1.54) is 5.57 Å². The molecule has 0 aromatic carbocycles. The number of hydrogen-bond acceptors (Lipinski definition) is 4. The number of nitrogens with zero attached hydrogens (tertiary/aromatic N) is 4. The molecule has 1 saturated carbocycles. The number of hydrogen-bond donors (Lipinski definition) is 1. The molecule has 2 N–H and O–H groups in total. The summed E-state index contributed by atoms with van der Waals surface area (Å²) in [6, 6.07) is 0. The maximum Gasteiger partial charge on any atom is 0.223 e. The van der Waals surface area contributed by atoms with Gasteiger partial charge in [0.2, 0.25) is 5.95 Å². The maximum atomic E-state index is 5.90. The lowest BCUT2D eigenvalue weighted by Gasteiger charge is -1.97. The van der Waals surface area contributed by atoms with Crippen LogP contribution in [0.15, 0.2) is 11.9 Å². The summed E-state index contributed by atoms with van der Waals surface area (Å²) in [6.45, 7) is 0. The van der Waals surface area contributed by atoms with E-state index in [2.05, 4.69) is 15.0 Å². The number of rotatable bonds is 1. The molecule has 0 amide bonds. The molecule has 15 heavy (non-hydrogen) atoms. The average molecular weight is 222 g/mol. The predicted molar refractivity (Wildman–Crippen MR) is 58.3 cm³/mol. The van der Waals surface area contributed by atoms with Gasteiger partial charge in [0.1, 0.15) is 11.8 Å². The van der Waals surface area contributed by atoms with Crippen molar-refractivity contribution in [1.82, 2.24) is 19.5 Å². The van der Waals surface area contributed by atoms with Gasteiger partial charge in [-0.15, -0.1) is 0 Å². The minimum atomic E-state index is 0.170. The zero-order valence-electron chi connectivity index (χ0n) is 7.81. The number of nitrogen functional groups attached to an aromatic ring is 1. The number of fused-ring (bicyclic) bond motifs is 1. The summed E-state index contributed by atoms with van der Waals surface area (Å²) >= 11 is 5.90. The van der Waals surface area contributed by atoms with E-state index in [9.17, 15) is 0 Å². The third-order valence-electron chi connectivity index (χ3n) is 2.26. The van der Waals surface area contributed by atoms with E-state index >= 15 is 0 Å². The molecular formula is C9H8ClN5. The van der Waals surface area contributed by atoms with Crippen molar-refractivity contribution in [3.63, 3.8) is 0 Å². The van der Waals surface area contributed by atoms with Gasteiger partial charge in [-0.25, -0.2) is 4.98 Å². The van der Waals surface area contributed by atoms with Crippen molar-refractivity contribution in [2.45, 2.75) is 12.8 Å². The Hall–Kier alpha value is -1.62. The van der Waals surface area contributed by atoms with Crippen molar-refractivity contribution < 1.29 is 0 Å². The Kier molecular flexibility index (Phi) is 1.70. The van der Waals surface area contributed by atoms with Gasteiger partial charge in [-0.3, -0.25) is 4.57 Å². The largest absolute Gasteiger partial charge is 0.368 e. The number of nitrogens with two attached hydrogens (primary N) is 1. The fourth-order valence-electron chi connectivity index (χ4n) is 1.39. The SMILES string of the molecule is Nc1nc(Cl)c2ncn(C=C3CC3)c2n1. The summed E-state index contributed by atoms with van der Waals surface area (Å²) in [5.41, 5.74) is 8.15. The van der Waals surface area contributed by atoms with E-state index in [0.717, 1.165) is 12.8 Å². The first-order valence-corrected chi connectivity index (χ1v) is 4.97. The summed E-state index contributed by atoms with van der Waals surface area (Å²) in [6.07, 6.45) is 5.98. The fourth-order valence-corrected chi connectivity index (χ4v) is 1.61. The molecule has 1 aliphatic carbocycles. The van der Waals surface area contributed by atoms with Crippen molar-refractivity contribution in [3.8, 4) is 0 Å². The summed E-state index contributed by atoms with van der Waals surface area (Å²) in [7, 11) is 0. The molecular weight excluding hydrogens is 214 g/mol. The van der Waals surface area contributed by atoms with Gasteiger partial charge in [-0.05, 0) is 12.8 Å². The normalized spacial score (nSPS) is 14.6. The second-order valence-electron chi connectivity index (χ2n) is 3.48. The van der Waals surface area contributed by atoms with Gasteiger partial charge < -0.3 is 5.73 Å². The summed E-state index contributed by atoms with van der Waals surface area (Å²) in [5, 5.41) is 0.297. The lowest BCUT2D eigenvalue weighted by Crippen LogP contribution is -1.97. The third kappa shape index (κ3) is 1.45. The molecule has 0 saturated heterocycles. The first kappa shape index (κ1) is 8.67. The van der Waals surface area contributed by atoms with E-state index in [-0.39, 0.29) is 5.95 Å². The molecule has 1 fully saturated rings. The van der Waals surface area contributed by atoms with Crippen molar-refractivity contribution in [3.05, 3.63) is 17.1 Å². The molecule has 0 bridgehead atoms. The molecule has 1 aliphatic rings. The van der Waals surface area contributed by atoms with Crippen LogP contribution in [-0.2, 0) is 0 Å². The Balaban J connectivity index is 2.27. The highest BCUT2D eigenvalue weighted by Gasteiger charge is 2.14. The van der Waals surface area contributed by atoms with Gasteiger partial charge >= 0.3 is 0 Å². The highest BCUT2D eigenvalue weighted by atomic mass is 35.5. The Morgan fingerprint density at radius 3 is 2.93 bits per heavy atom. The van der Waals surface area contributed by atoms with Gasteiger partial charge in [0.25, 0.3) is 0 Å². The second-order valence-corrected chi connectivity index (χ2v) is 3.84. The zero-order valence-corrected chi connectivity index (χ0v) is 8.57. The highest BCUT2D eigenvalue weighted by Crippen LogP contribution is 2.29. The van der Waals surface area contributed by atoms with Crippen molar-refractivity contribution in [2.24, 2.45) is 0 Å². The van der Waals surface area contributed by atoms with Crippen LogP contribution in [0.2, 0.25) is 5.15 Å². The molecule has 0 unspecified atom stereocenters. The quantitative estimate of drug-likeness (QED) is 0.744. The second kappa shape index (κ2) is 2.93. The van der Waals surface area contributed by atoms with Gasteiger partial charge in [0, 0.05) is 6.20 Å². The Morgan fingerprint density at radius 2 is 2.20 bits per heavy atom. The lowest BCUT2D eigenvalue weighted by atomic mass is 10.5. The van der Waals surface area contributed by atoms with Crippen LogP contribution in [0, 0.1) is 0 Å². The Bertz CT molecular complexity index is 565. The number of allylic oxidation sites excluding steroid dienone is 1. The average Bonchev–Trinajstić information content (AvgIpc) is 2.89. The van der Waals surface area contributed by atoms with Gasteiger partial charge in [0.05, 0.1) is 0 Å². The molecule has 2 heterocycles. The fraction of sp³-hybridized carbons (Fsp3) is 0.222. The number of aromatic nitrogens is 4. The van der Waals surface area contributed by atoms with Crippen LogP contribution in [0.5, 0.6) is 0 Å². The van der Waals surface area contributed by atoms with Crippen LogP contribution in [0.25, 0.3) is 17.4 Å². The summed E-state index contributed by atoms with van der Waals surface area (Å²) in [5.74, 6) is 0.170. The van der Waals surface area contributed by atoms with Crippen LogP contribution < -0.4 is 5.73 Å². The predicted octanol–water partition coefficient (Wildman–Crippen LogP) is 1.70. The number of halogens is 1. The first-order valence-electron chi connectivity index (χ1n) is 4.59. The molecule has 0 spiro atoms. The monoisotopic (exact) mass is 221 g/mol. The molecule has 3 rings (SSSR count). The summed E-state index contributed by atoms with van der Waals surface area (Å²) < 4.78 is 1.83. The highest BCUT2D eigenvalue weighted by molar-refractivity contribution is 6.33. The van der Waals surface area contributed by atoms with Crippen LogP contribution in [0.1, 0.15) is 12.8 Å². The van der Waals surface area contributed by atoms with Crippen LogP contribution in [-0.4, -0.2) is 19.5 Å². The topological polar surface area (TPSA) is 69.6 Å². The Morgan fingerprint density at radius 1 is 1.40 bits per heavy atom. The molecule has 0 radical (unpaired) electrons. The van der Waals surface area contributed by atoms with Crippen molar-refractivity contribution in [2.75, 3.05) is 5.73 Å². The maximum absolute atomic E-state index is 5.90. The van der Waals surface area contributed by atoms with Gasteiger partial charge in [-0.1, -0.05) is 17.2 Å². The molecule has 6 heteroatoms. The van der Waals surface area contributed by atoms with Crippen LogP contribution in [0.4, 0.5) is 5.95 Å². The van der Waals surface area contributed by atoms with E-state index in [1.54, 1.807) is 6.33 Å². The minimum Gasteiger partial charge on any atom is -0.368 e. The molecule has 2 aromatic rings. The summed E-state index contributed by atoms with van der Waals surface area (Å²) in [4.78, 5) is 12.1. The zero-order chi connectivity index (χ0) is 10.4. The molecule has 5 nitrogen and oxygen atoms in total. The van der Waals surface area contributed by atoms with Crippen molar-refractivity contribution in [1.29, 1.82) is 0 Å². The van der Waals surface area contributed by atoms with Gasteiger partial charge in [-0.2, -0.15) is 9.97 Å². The number of anilines is 1. The molecule has 2 aromatic heterocycles. The minimum absolute atomic E-state index is 0.170. The van der Waals surface area contributed by atoms with E-state index in [4.69, 9.17) is 17.3 Å². The first-order chi connectivity index (χ1) is 7.24. The van der Waals surface area contributed by atoms with Gasteiger partial charge in [0.15, 0.2) is 10.8 Å². The molecule has 0 aliphatic heterocycles. The Labute approximate surface area is 90.6 Å². The van der Waals surface area contributed by atoms with Crippen LogP contribution in [0.3, 0.4) is 0 Å². The standard InChI is InChI=1S/C9H8ClN5/c10-7-6-8(14-9(11)13-7)15(4-12-6)3-5-1-2-5/h3-4H,1-2H2,(H2,11,13,14). The van der Waals surface area contributed by atoms with E-state index in [0.29, 0.717) is 16.3 Å².